The SMILES string of the molecule is CC(C)CC(C(=O)O)c1cc(Br)c(OCC2CC2)c(-c2ccc(C(F)(F)F)cc2)c1. The molecular weight excluding hydrogens is 461 g/mol. The van der Waals surface area contributed by atoms with Crippen LogP contribution in [-0.2, 0) is 11.0 Å². The molecule has 162 valence electrons. The first-order valence-corrected chi connectivity index (χ1v) is 10.7. The molecule has 1 unspecified atom stereocenters. The summed E-state index contributed by atoms with van der Waals surface area (Å²) < 4.78 is 45.5. The number of carbonyl (C=O) groups is 1. The van der Waals surface area contributed by atoms with Crippen LogP contribution in [0, 0.1) is 11.8 Å². The van der Waals surface area contributed by atoms with Gasteiger partial charge < -0.3 is 9.84 Å². The van der Waals surface area contributed by atoms with Crippen LogP contribution in [0.4, 0.5) is 13.2 Å². The largest absolute Gasteiger partial charge is 0.491 e. The average molecular weight is 485 g/mol. The number of aliphatic carboxylic acids is 1. The number of ether oxygens (including phenoxy) is 1. The van der Waals surface area contributed by atoms with Gasteiger partial charge in [0.1, 0.15) is 5.75 Å². The monoisotopic (exact) mass is 484 g/mol. The number of hydrogen-bond acceptors (Lipinski definition) is 2. The van der Waals surface area contributed by atoms with Crippen molar-refractivity contribution in [2.75, 3.05) is 6.61 Å². The summed E-state index contributed by atoms with van der Waals surface area (Å²) in [6.07, 6.45) is -1.77. The number of rotatable bonds is 8. The highest BCUT2D eigenvalue weighted by Crippen LogP contribution is 2.42. The first-order valence-electron chi connectivity index (χ1n) is 9.93. The second kappa shape index (κ2) is 9.00. The maximum atomic E-state index is 13.0. The highest BCUT2D eigenvalue weighted by Gasteiger charge is 2.31. The topological polar surface area (TPSA) is 46.5 Å². The highest BCUT2D eigenvalue weighted by molar-refractivity contribution is 9.10. The van der Waals surface area contributed by atoms with Crippen molar-refractivity contribution in [1.82, 2.24) is 0 Å². The maximum absolute atomic E-state index is 13.0. The van der Waals surface area contributed by atoms with Crippen molar-refractivity contribution in [1.29, 1.82) is 0 Å². The lowest BCUT2D eigenvalue weighted by molar-refractivity contribution is -0.139. The molecule has 0 heterocycles. The Labute approximate surface area is 182 Å². The van der Waals surface area contributed by atoms with Crippen LogP contribution in [-0.4, -0.2) is 17.7 Å². The quantitative estimate of drug-likeness (QED) is 0.433. The predicted octanol–water partition coefficient (Wildman–Crippen LogP) is 7.14. The van der Waals surface area contributed by atoms with Crippen LogP contribution in [0.1, 0.15) is 50.2 Å². The minimum Gasteiger partial charge on any atom is -0.491 e. The molecule has 2 aromatic carbocycles. The average Bonchev–Trinajstić information content (AvgIpc) is 3.48. The molecule has 3 rings (SSSR count). The van der Waals surface area contributed by atoms with Gasteiger partial charge in [-0.3, -0.25) is 4.79 Å². The molecule has 0 amide bonds. The Morgan fingerprint density at radius 2 is 1.83 bits per heavy atom. The third-order valence-electron chi connectivity index (χ3n) is 5.16. The Bertz CT molecular complexity index is 903. The van der Waals surface area contributed by atoms with Gasteiger partial charge >= 0.3 is 12.1 Å². The molecule has 1 N–H and O–H groups in total. The molecule has 1 saturated carbocycles. The van der Waals surface area contributed by atoms with Crippen molar-refractivity contribution >= 4 is 21.9 Å². The second-order valence-corrected chi connectivity index (χ2v) is 9.08. The summed E-state index contributed by atoms with van der Waals surface area (Å²) in [4.78, 5) is 11.9. The summed E-state index contributed by atoms with van der Waals surface area (Å²) >= 11 is 3.50. The number of alkyl halides is 3. The fourth-order valence-corrected chi connectivity index (χ4v) is 3.94. The summed E-state index contributed by atoms with van der Waals surface area (Å²) in [5.74, 6) is -0.457. The molecule has 3 nitrogen and oxygen atoms in total. The van der Waals surface area contributed by atoms with Gasteiger partial charge in [0, 0.05) is 5.56 Å². The maximum Gasteiger partial charge on any atom is 0.416 e. The zero-order valence-corrected chi connectivity index (χ0v) is 18.4. The van der Waals surface area contributed by atoms with Crippen molar-refractivity contribution in [2.45, 2.75) is 45.2 Å². The molecule has 1 aliphatic rings. The number of carboxylic acid groups (broad SMARTS) is 1. The third-order valence-corrected chi connectivity index (χ3v) is 5.75. The van der Waals surface area contributed by atoms with E-state index < -0.39 is 23.6 Å². The van der Waals surface area contributed by atoms with Gasteiger partial charge in [0.25, 0.3) is 0 Å². The molecule has 0 aromatic heterocycles. The number of hydrogen-bond donors (Lipinski definition) is 1. The Morgan fingerprint density at radius 3 is 2.33 bits per heavy atom. The molecule has 1 atom stereocenters. The van der Waals surface area contributed by atoms with Gasteiger partial charge in [-0.15, -0.1) is 0 Å². The summed E-state index contributed by atoms with van der Waals surface area (Å²) in [6, 6.07) is 8.34. The zero-order valence-electron chi connectivity index (χ0n) is 16.8. The molecule has 0 aliphatic heterocycles. The minimum absolute atomic E-state index is 0.171. The van der Waals surface area contributed by atoms with Crippen molar-refractivity contribution in [3.63, 3.8) is 0 Å². The third kappa shape index (κ3) is 5.56. The van der Waals surface area contributed by atoms with E-state index in [1.54, 1.807) is 12.1 Å². The van der Waals surface area contributed by atoms with Crippen molar-refractivity contribution in [3.05, 3.63) is 52.0 Å². The molecule has 2 aromatic rings. The van der Waals surface area contributed by atoms with Gasteiger partial charge in [0.2, 0.25) is 0 Å². The Hall–Kier alpha value is -2.02. The Morgan fingerprint density at radius 1 is 1.20 bits per heavy atom. The standard InChI is InChI=1S/C23H24BrF3O3/c1-13(2)9-19(22(28)29)16-10-18(15-5-7-17(8-6-15)23(25,26)27)21(20(24)11-16)30-12-14-3-4-14/h5-8,10-11,13-14,19H,3-4,9,12H2,1-2H3,(H,28,29). The lowest BCUT2D eigenvalue weighted by atomic mass is 9.88. The summed E-state index contributed by atoms with van der Waals surface area (Å²) in [5.41, 5.74) is 0.996. The van der Waals surface area contributed by atoms with Gasteiger partial charge in [-0.2, -0.15) is 13.2 Å². The fourth-order valence-electron chi connectivity index (χ4n) is 3.35. The number of carboxylic acids is 1. The first kappa shape index (κ1) is 22.7. The molecular formula is C23H24BrF3O3. The van der Waals surface area contributed by atoms with E-state index in [0.717, 1.165) is 25.0 Å². The molecule has 0 radical (unpaired) electrons. The van der Waals surface area contributed by atoms with Gasteiger partial charge in [0.15, 0.2) is 0 Å². The van der Waals surface area contributed by atoms with Crippen LogP contribution in [0.25, 0.3) is 11.1 Å². The zero-order chi connectivity index (χ0) is 22.1. The molecule has 0 bridgehead atoms. The molecule has 7 heteroatoms. The van der Waals surface area contributed by atoms with Crippen molar-refractivity contribution in [2.24, 2.45) is 11.8 Å². The van der Waals surface area contributed by atoms with Crippen LogP contribution < -0.4 is 4.74 Å². The van der Waals surface area contributed by atoms with Gasteiger partial charge in [-0.1, -0.05) is 26.0 Å². The van der Waals surface area contributed by atoms with Crippen LogP contribution in [0.3, 0.4) is 0 Å². The summed E-state index contributed by atoms with van der Waals surface area (Å²) in [6.45, 7) is 4.43. The van der Waals surface area contributed by atoms with E-state index in [0.29, 0.717) is 45.9 Å². The number of halogens is 4. The molecule has 1 fully saturated rings. The van der Waals surface area contributed by atoms with Crippen molar-refractivity contribution < 1.29 is 27.8 Å². The van der Waals surface area contributed by atoms with Crippen LogP contribution in [0.5, 0.6) is 5.75 Å². The smallest absolute Gasteiger partial charge is 0.416 e. The van der Waals surface area contributed by atoms with Crippen molar-refractivity contribution in [3.8, 4) is 16.9 Å². The van der Waals surface area contributed by atoms with Gasteiger partial charge in [0.05, 0.1) is 22.6 Å². The van der Waals surface area contributed by atoms with E-state index in [2.05, 4.69) is 15.9 Å². The first-order chi connectivity index (χ1) is 14.1. The Kier molecular flexibility index (Phi) is 6.80. The molecule has 1 aliphatic carbocycles. The summed E-state index contributed by atoms with van der Waals surface area (Å²) in [5, 5.41) is 9.74. The van der Waals surface area contributed by atoms with E-state index in [9.17, 15) is 23.1 Å². The van der Waals surface area contributed by atoms with E-state index in [1.807, 2.05) is 13.8 Å². The molecule has 0 spiro atoms. The Balaban J connectivity index is 2.06. The molecule has 0 saturated heterocycles. The van der Waals surface area contributed by atoms with Crippen LogP contribution in [0.2, 0.25) is 0 Å². The van der Waals surface area contributed by atoms with E-state index in [4.69, 9.17) is 4.74 Å². The summed E-state index contributed by atoms with van der Waals surface area (Å²) in [7, 11) is 0. The van der Waals surface area contributed by atoms with E-state index in [-0.39, 0.29) is 5.92 Å². The van der Waals surface area contributed by atoms with Crippen LogP contribution >= 0.6 is 15.9 Å². The van der Waals surface area contributed by atoms with E-state index >= 15 is 0 Å². The predicted molar refractivity (Wildman–Crippen MR) is 113 cm³/mol. The normalized spacial score (nSPS) is 15.3. The lowest BCUT2D eigenvalue weighted by Crippen LogP contribution is -2.14. The second-order valence-electron chi connectivity index (χ2n) is 8.23. The fraction of sp³-hybridized carbons (Fsp3) is 0.435. The highest BCUT2D eigenvalue weighted by atomic mass is 79.9. The minimum atomic E-state index is -4.42. The lowest BCUT2D eigenvalue weighted by Gasteiger charge is -2.20. The van der Waals surface area contributed by atoms with Gasteiger partial charge in [-0.05, 0) is 82.4 Å². The van der Waals surface area contributed by atoms with E-state index in [1.165, 1.54) is 12.1 Å². The van der Waals surface area contributed by atoms with Gasteiger partial charge in [-0.25, -0.2) is 0 Å². The molecule has 30 heavy (non-hydrogen) atoms. The van der Waals surface area contributed by atoms with Crippen LogP contribution in [0.15, 0.2) is 40.9 Å². The number of benzene rings is 2.